The molecule has 0 radical (unpaired) electrons. The molecule has 0 atom stereocenters. The third kappa shape index (κ3) is 9.75. The first kappa shape index (κ1) is 15.2. The molecule has 0 saturated heterocycles. The van der Waals surface area contributed by atoms with Crippen LogP contribution in [0.4, 0.5) is 0 Å². The predicted molar refractivity (Wildman–Crippen MR) is 68.3 cm³/mol. The topological polar surface area (TPSA) is 26.3 Å². The van der Waals surface area contributed by atoms with Gasteiger partial charge >= 0.3 is 5.97 Å². The zero-order valence-electron chi connectivity index (χ0n) is 11.0. The summed E-state index contributed by atoms with van der Waals surface area (Å²) in [6, 6.07) is 0. The van der Waals surface area contributed by atoms with E-state index >= 15 is 0 Å². The fourth-order valence-electron chi connectivity index (χ4n) is 1.35. The van der Waals surface area contributed by atoms with Gasteiger partial charge in [0.25, 0.3) is 0 Å². The van der Waals surface area contributed by atoms with E-state index in [2.05, 4.69) is 13.0 Å². The lowest BCUT2D eigenvalue weighted by molar-refractivity contribution is -0.146. The van der Waals surface area contributed by atoms with E-state index in [4.69, 9.17) is 4.74 Å². The fourth-order valence-corrected chi connectivity index (χ4v) is 1.35. The van der Waals surface area contributed by atoms with Crippen LogP contribution in [0.15, 0.2) is 12.2 Å². The van der Waals surface area contributed by atoms with Gasteiger partial charge in [-0.05, 0) is 12.8 Å². The van der Waals surface area contributed by atoms with Gasteiger partial charge in [0, 0.05) is 0 Å². The molecule has 0 bridgehead atoms. The van der Waals surface area contributed by atoms with Gasteiger partial charge in [0.2, 0.25) is 0 Å². The Morgan fingerprint density at radius 3 is 2.44 bits per heavy atom. The number of rotatable bonds is 9. The zero-order valence-corrected chi connectivity index (χ0v) is 11.0. The van der Waals surface area contributed by atoms with Crippen molar-refractivity contribution < 1.29 is 9.53 Å². The average molecular weight is 226 g/mol. The normalized spacial score (nSPS) is 11.2. The molecule has 0 spiro atoms. The highest BCUT2D eigenvalue weighted by Gasteiger charge is 2.05. The van der Waals surface area contributed by atoms with Crippen LogP contribution in [0.3, 0.4) is 0 Å². The van der Waals surface area contributed by atoms with E-state index in [1.54, 1.807) is 0 Å². The summed E-state index contributed by atoms with van der Waals surface area (Å²) in [5.74, 6) is -0.143. The van der Waals surface area contributed by atoms with Gasteiger partial charge < -0.3 is 4.74 Å². The second kappa shape index (κ2) is 10.7. The molecule has 0 aromatic rings. The third-order valence-corrected chi connectivity index (χ3v) is 2.43. The lowest BCUT2D eigenvalue weighted by Crippen LogP contribution is -2.11. The second-order valence-electron chi connectivity index (χ2n) is 4.46. The number of carbonyl (C=O) groups is 1. The zero-order chi connectivity index (χ0) is 12.2. The Balaban J connectivity index is 3.25. The van der Waals surface area contributed by atoms with Gasteiger partial charge in [-0.25, -0.2) is 0 Å². The summed E-state index contributed by atoms with van der Waals surface area (Å²) < 4.78 is 5.02. The summed E-state index contributed by atoms with van der Waals surface area (Å²) in [6.45, 7) is 6.34. The lowest BCUT2D eigenvalue weighted by Gasteiger charge is -2.03. The van der Waals surface area contributed by atoms with E-state index in [1.165, 1.54) is 32.1 Å². The van der Waals surface area contributed by atoms with Crippen molar-refractivity contribution in [2.24, 2.45) is 5.92 Å². The SMILES string of the molecule is CCCCCCC/C=C/COC(=O)C(C)C. The van der Waals surface area contributed by atoms with Crippen LogP contribution in [-0.4, -0.2) is 12.6 Å². The van der Waals surface area contributed by atoms with Crippen molar-refractivity contribution in [3.63, 3.8) is 0 Å². The van der Waals surface area contributed by atoms with Crippen LogP contribution >= 0.6 is 0 Å². The maximum atomic E-state index is 11.1. The molecule has 0 aromatic carbocycles. The molecule has 0 unspecified atom stereocenters. The Kier molecular flexibility index (Phi) is 10.2. The Labute approximate surface area is 100 Å². The van der Waals surface area contributed by atoms with Gasteiger partial charge in [0.1, 0.15) is 6.61 Å². The smallest absolute Gasteiger partial charge is 0.308 e. The Bertz CT molecular complexity index is 195. The first-order valence-electron chi connectivity index (χ1n) is 6.50. The van der Waals surface area contributed by atoms with Gasteiger partial charge in [0.05, 0.1) is 5.92 Å². The van der Waals surface area contributed by atoms with E-state index in [0.29, 0.717) is 6.61 Å². The predicted octanol–water partition coefficient (Wildman–Crippen LogP) is 4.10. The quantitative estimate of drug-likeness (QED) is 0.336. The lowest BCUT2D eigenvalue weighted by atomic mass is 10.1. The maximum Gasteiger partial charge on any atom is 0.308 e. The Morgan fingerprint density at radius 2 is 1.81 bits per heavy atom. The van der Waals surface area contributed by atoms with Crippen molar-refractivity contribution in [3.05, 3.63) is 12.2 Å². The summed E-state index contributed by atoms with van der Waals surface area (Å²) in [4.78, 5) is 11.1. The fraction of sp³-hybridized carbons (Fsp3) is 0.786. The molecule has 0 saturated carbocycles. The maximum absolute atomic E-state index is 11.1. The van der Waals surface area contributed by atoms with Crippen molar-refractivity contribution in [2.75, 3.05) is 6.61 Å². The number of allylic oxidation sites excluding steroid dienone is 1. The van der Waals surface area contributed by atoms with Crippen molar-refractivity contribution >= 4 is 5.97 Å². The van der Waals surface area contributed by atoms with E-state index in [0.717, 1.165) is 6.42 Å². The van der Waals surface area contributed by atoms with Crippen molar-refractivity contribution in [1.82, 2.24) is 0 Å². The van der Waals surface area contributed by atoms with Gasteiger partial charge in [-0.3, -0.25) is 4.79 Å². The molecular formula is C14H26O2. The van der Waals surface area contributed by atoms with Crippen molar-refractivity contribution in [3.8, 4) is 0 Å². The minimum absolute atomic E-state index is 0.0255. The number of hydrogen-bond acceptors (Lipinski definition) is 2. The molecule has 0 rings (SSSR count). The standard InChI is InChI=1S/C14H26O2/c1-4-5-6-7-8-9-10-11-12-16-14(15)13(2)3/h10-11,13H,4-9,12H2,1-3H3/b11-10+. The van der Waals surface area contributed by atoms with Crippen molar-refractivity contribution in [2.45, 2.75) is 59.3 Å². The van der Waals surface area contributed by atoms with Crippen LogP contribution in [0.2, 0.25) is 0 Å². The van der Waals surface area contributed by atoms with Gasteiger partial charge in [-0.1, -0.05) is 58.6 Å². The molecule has 94 valence electrons. The van der Waals surface area contributed by atoms with Gasteiger partial charge in [-0.2, -0.15) is 0 Å². The number of esters is 1. The molecule has 0 aromatic heterocycles. The highest BCUT2D eigenvalue weighted by Crippen LogP contribution is 2.05. The van der Waals surface area contributed by atoms with Crippen LogP contribution in [0.25, 0.3) is 0 Å². The van der Waals surface area contributed by atoms with Gasteiger partial charge in [-0.15, -0.1) is 0 Å². The molecule has 0 aliphatic heterocycles. The van der Waals surface area contributed by atoms with Gasteiger partial charge in [0.15, 0.2) is 0 Å². The summed E-state index contributed by atoms with van der Waals surface area (Å²) in [7, 11) is 0. The Hall–Kier alpha value is -0.790. The summed E-state index contributed by atoms with van der Waals surface area (Å²) in [5.41, 5.74) is 0. The minimum Gasteiger partial charge on any atom is -0.461 e. The van der Waals surface area contributed by atoms with E-state index in [1.807, 2.05) is 19.9 Å². The summed E-state index contributed by atoms with van der Waals surface area (Å²) in [6.07, 6.45) is 11.7. The molecular weight excluding hydrogens is 200 g/mol. The molecule has 0 amide bonds. The van der Waals surface area contributed by atoms with Crippen LogP contribution < -0.4 is 0 Å². The summed E-state index contributed by atoms with van der Waals surface area (Å²) in [5, 5.41) is 0. The molecule has 0 N–H and O–H groups in total. The number of carbonyl (C=O) groups excluding carboxylic acids is 1. The first-order valence-corrected chi connectivity index (χ1v) is 6.50. The molecule has 0 aliphatic carbocycles. The average Bonchev–Trinajstić information content (AvgIpc) is 2.26. The number of hydrogen-bond donors (Lipinski definition) is 0. The highest BCUT2D eigenvalue weighted by molar-refractivity contribution is 5.71. The van der Waals surface area contributed by atoms with Crippen LogP contribution in [0, 0.1) is 5.92 Å². The molecule has 0 aliphatic rings. The van der Waals surface area contributed by atoms with Crippen molar-refractivity contribution in [1.29, 1.82) is 0 Å². The number of ether oxygens (including phenoxy) is 1. The first-order chi connectivity index (χ1) is 7.68. The van der Waals surface area contributed by atoms with E-state index < -0.39 is 0 Å². The van der Waals surface area contributed by atoms with Crippen LogP contribution in [0.5, 0.6) is 0 Å². The molecule has 2 nitrogen and oxygen atoms in total. The highest BCUT2D eigenvalue weighted by atomic mass is 16.5. The number of unbranched alkanes of at least 4 members (excludes halogenated alkanes) is 5. The largest absolute Gasteiger partial charge is 0.461 e. The third-order valence-electron chi connectivity index (χ3n) is 2.43. The molecule has 2 heteroatoms. The Morgan fingerprint density at radius 1 is 1.12 bits per heavy atom. The molecule has 0 fully saturated rings. The second-order valence-corrected chi connectivity index (χ2v) is 4.46. The minimum atomic E-state index is -0.118. The van der Waals surface area contributed by atoms with Crippen LogP contribution in [0.1, 0.15) is 59.3 Å². The van der Waals surface area contributed by atoms with E-state index in [9.17, 15) is 4.79 Å². The van der Waals surface area contributed by atoms with E-state index in [-0.39, 0.29) is 11.9 Å². The van der Waals surface area contributed by atoms with Crippen LogP contribution in [-0.2, 0) is 9.53 Å². The monoisotopic (exact) mass is 226 g/mol. The summed E-state index contributed by atoms with van der Waals surface area (Å²) >= 11 is 0. The molecule has 16 heavy (non-hydrogen) atoms. The molecule has 0 heterocycles.